The van der Waals surface area contributed by atoms with Crippen LogP contribution in [0.2, 0.25) is 0 Å². The first-order valence-electron chi connectivity index (χ1n) is 20.6. The lowest BCUT2D eigenvalue weighted by molar-refractivity contribution is -0.309. The second-order valence-electron chi connectivity index (χ2n) is 16.2. The fourth-order valence-electron chi connectivity index (χ4n) is 8.31. The third-order valence-corrected chi connectivity index (χ3v) is 12.0. The summed E-state index contributed by atoms with van der Waals surface area (Å²) in [6.45, 7) is 12.0. The Bertz CT molecular complexity index is 1610. The molecule has 2 saturated heterocycles. The number of nitrogens with two attached hydrogens (primary N) is 4. The highest BCUT2D eigenvalue weighted by atomic mass is 16.7. The summed E-state index contributed by atoms with van der Waals surface area (Å²) in [6.07, 6.45) is -6.70. The first-order valence-corrected chi connectivity index (χ1v) is 20.6. The molecule has 0 radical (unpaired) electrons. The monoisotopic (exact) mass is 811 g/mol. The summed E-state index contributed by atoms with van der Waals surface area (Å²) >= 11 is 0. The molecule has 0 aromatic heterocycles. The lowest BCUT2D eigenvalue weighted by Crippen LogP contribution is -2.68. The van der Waals surface area contributed by atoms with E-state index < -0.39 is 79.2 Å². The summed E-state index contributed by atoms with van der Waals surface area (Å²) < 4.78 is 39.0. The van der Waals surface area contributed by atoms with E-state index in [0.717, 1.165) is 0 Å². The maximum atomic E-state index is 13.8. The minimum atomic E-state index is -1.22. The predicted molar refractivity (Wildman–Crippen MR) is 219 cm³/mol. The zero-order chi connectivity index (χ0) is 42.1. The largest absolute Gasteiger partial charge is 0.445 e. The molecule has 3 aliphatic rings. The van der Waals surface area contributed by atoms with Crippen LogP contribution in [0, 0.1) is 29.6 Å². The zero-order valence-corrected chi connectivity index (χ0v) is 34.5. The predicted octanol–water partition coefficient (Wildman–Crippen LogP) is 3.88. The molecule has 0 spiro atoms. The average molecular weight is 812 g/mol. The number of benzene rings is 2. The van der Waals surface area contributed by atoms with E-state index in [0.29, 0.717) is 30.8 Å². The lowest BCUT2D eigenvalue weighted by atomic mass is 9.81. The van der Waals surface area contributed by atoms with Crippen molar-refractivity contribution in [2.24, 2.45) is 52.5 Å². The highest BCUT2D eigenvalue weighted by Gasteiger charge is 2.54. The van der Waals surface area contributed by atoms with Crippen LogP contribution < -0.4 is 38.9 Å². The average Bonchev–Trinajstić information content (AvgIpc) is 3.20. The number of anilines is 2. The van der Waals surface area contributed by atoms with Gasteiger partial charge in [0.05, 0.1) is 18.2 Å². The Hall–Kier alpha value is -3.87. The van der Waals surface area contributed by atoms with Crippen LogP contribution in [0.1, 0.15) is 60.8 Å². The second kappa shape index (κ2) is 20.9. The Labute approximate surface area is 342 Å². The van der Waals surface area contributed by atoms with Crippen LogP contribution in [0.25, 0.3) is 0 Å². The van der Waals surface area contributed by atoms with Crippen molar-refractivity contribution in [2.75, 3.05) is 23.7 Å². The quantitative estimate of drug-likeness (QED) is 0.143. The van der Waals surface area contributed by atoms with Crippen LogP contribution in [0.3, 0.4) is 0 Å². The zero-order valence-electron chi connectivity index (χ0n) is 34.5. The Morgan fingerprint density at radius 3 is 1.81 bits per heavy atom. The lowest BCUT2D eigenvalue weighted by Gasteiger charge is -2.50. The van der Waals surface area contributed by atoms with E-state index in [1.54, 1.807) is 55.5 Å². The molecule has 16 atom stereocenters. The number of carbonyl (C=O) groups excluding carboxylic acids is 3. The summed E-state index contributed by atoms with van der Waals surface area (Å²) in [5.74, 6) is -1.73. The van der Waals surface area contributed by atoms with Crippen molar-refractivity contribution in [3.8, 4) is 0 Å². The molecule has 3 amide bonds. The van der Waals surface area contributed by atoms with Gasteiger partial charge in [-0.25, -0.2) is 9.59 Å². The topological polar surface area (TPSA) is 247 Å². The Morgan fingerprint density at radius 1 is 0.724 bits per heavy atom. The molecule has 16 nitrogen and oxygen atoms in total. The van der Waals surface area contributed by atoms with Gasteiger partial charge < -0.3 is 56.7 Å². The van der Waals surface area contributed by atoms with Crippen LogP contribution in [0.5, 0.6) is 0 Å². The summed E-state index contributed by atoms with van der Waals surface area (Å²) in [6, 6.07) is 16.0. The molecule has 1 aliphatic carbocycles. The van der Waals surface area contributed by atoms with Crippen LogP contribution in [-0.2, 0) is 33.2 Å². The van der Waals surface area contributed by atoms with Crippen molar-refractivity contribution in [3.63, 3.8) is 0 Å². The number of hydrogen-bond acceptors (Lipinski definition) is 13. The molecule has 11 N–H and O–H groups in total. The molecule has 2 aromatic rings. The van der Waals surface area contributed by atoms with Crippen molar-refractivity contribution >= 4 is 29.5 Å². The molecule has 58 heavy (non-hydrogen) atoms. The van der Waals surface area contributed by atoms with Crippen molar-refractivity contribution in [1.82, 2.24) is 5.32 Å². The molecule has 1 saturated carbocycles. The van der Waals surface area contributed by atoms with E-state index >= 15 is 0 Å². The number of nitrogens with one attached hydrogen (secondary N) is 3. The van der Waals surface area contributed by atoms with Gasteiger partial charge in [0.1, 0.15) is 18.3 Å². The minimum absolute atomic E-state index is 0.0554. The third-order valence-electron chi connectivity index (χ3n) is 12.0. The van der Waals surface area contributed by atoms with E-state index in [1.807, 2.05) is 39.8 Å². The van der Waals surface area contributed by atoms with Gasteiger partial charge in [-0.15, -0.1) is 0 Å². The SMILES string of the molecule is CCC1O[C@@H](O[C@H]2C(OC(=O)Nc3ccccc3)C(O[C@@H]3OC(CN)[C@H](C)C(OC(=O)Nc4ccccc4)C3C)[C@@H](N)C[C@H]2NC(=O)C(C)CCN)C(C)[C@@H](N)[C@H]1C. The number of rotatable bonds is 14. The second-order valence-corrected chi connectivity index (χ2v) is 16.2. The van der Waals surface area contributed by atoms with Gasteiger partial charge in [0.15, 0.2) is 18.7 Å². The number of hydrogen-bond donors (Lipinski definition) is 7. The van der Waals surface area contributed by atoms with Gasteiger partial charge in [-0.05, 0) is 56.0 Å². The summed E-state index contributed by atoms with van der Waals surface area (Å²) in [5.41, 5.74) is 26.8. The van der Waals surface area contributed by atoms with Gasteiger partial charge in [-0.3, -0.25) is 15.4 Å². The number of ether oxygens (including phenoxy) is 6. The Balaban J connectivity index is 1.49. The fraction of sp³-hybridized carbons (Fsp3) is 0.643. The smallest absolute Gasteiger partial charge is 0.412 e. The Kier molecular flexibility index (Phi) is 16.3. The standard InChI is InChI=1S/C42H65N7O9/c1-7-31-23(3)33(46)25(5)39(53-31)56-36-30(49-38(50)22(2)18-19-43)20-29(45)35(37(36)58-42(52)48-28-16-12-9-13-17-28)55-40-26(6)34(24(4)32(21-44)54-40)57-41(51)47-27-14-10-8-11-15-27/h8-17,22-26,29-37,39-40H,7,18-21,43-46H2,1-6H3,(H,47,51)(H,48,52)(H,49,50)/t22?,23-,24-,25?,26?,29-,30+,31?,32?,33-,34?,35?,36+,37?,39-,40-/m0/s1. The summed E-state index contributed by atoms with van der Waals surface area (Å²) in [7, 11) is 0. The van der Waals surface area contributed by atoms with Gasteiger partial charge in [-0.2, -0.15) is 0 Å². The molecular formula is C42H65N7O9. The van der Waals surface area contributed by atoms with Gasteiger partial charge in [0.25, 0.3) is 0 Å². The molecule has 322 valence electrons. The molecule has 2 aromatic carbocycles. The van der Waals surface area contributed by atoms with Crippen LogP contribution in [0.15, 0.2) is 60.7 Å². The molecule has 16 heteroatoms. The molecule has 3 fully saturated rings. The first-order chi connectivity index (χ1) is 27.8. The summed E-state index contributed by atoms with van der Waals surface area (Å²) in [4.78, 5) is 40.6. The van der Waals surface area contributed by atoms with Crippen molar-refractivity contribution in [2.45, 2.75) is 128 Å². The van der Waals surface area contributed by atoms with Crippen LogP contribution >= 0.6 is 0 Å². The highest BCUT2D eigenvalue weighted by molar-refractivity contribution is 5.85. The van der Waals surface area contributed by atoms with Gasteiger partial charge in [0, 0.05) is 53.7 Å². The molecular weight excluding hydrogens is 747 g/mol. The van der Waals surface area contributed by atoms with E-state index in [4.69, 9.17) is 51.4 Å². The molecule has 2 aliphatic heterocycles. The van der Waals surface area contributed by atoms with Crippen molar-refractivity contribution < 1.29 is 42.8 Å². The molecule has 2 heterocycles. The van der Waals surface area contributed by atoms with Crippen molar-refractivity contribution in [1.29, 1.82) is 0 Å². The highest BCUT2D eigenvalue weighted by Crippen LogP contribution is 2.39. The maximum Gasteiger partial charge on any atom is 0.412 e. The maximum absolute atomic E-state index is 13.8. The van der Waals surface area contributed by atoms with Crippen LogP contribution in [0.4, 0.5) is 21.0 Å². The van der Waals surface area contributed by atoms with Gasteiger partial charge >= 0.3 is 12.2 Å². The summed E-state index contributed by atoms with van der Waals surface area (Å²) in [5, 5.41) is 8.68. The fourth-order valence-corrected chi connectivity index (χ4v) is 8.31. The molecule has 5 rings (SSSR count). The van der Waals surface area contributed by atoms with E-state index in [1.165, 1.54) is 0 Å². The molecule has 8 unspecified atom stereocenters. The third kappa shape index (κ3) is 11.0. The minimum Gasteiger partial charge on any atom is -0.445 e. The number of para-hydroxylation sites is 2. The van der Waals surface area contributed by atoms with Crippen molar-refractivity contribution in [3.05, 3.63) is 60.7 Å². The normalized spacial score (nSPS) is 35.6. The van der Waals surface area contributed by atoms with Gasteiger partial charge in [0.2, 0.25) is 5.91 Å². The number of carbonyl (C=O) groups is 3. The van der Waals surface area contributed by atoms with Crippen LogP contribution in [-0.4, -0.2) is 98.5 Å². The van der Waals surface area contributed by atoms with E-state index in [-0.39, 0.29) is 48.8 Å². The number of amides is 3. The Morgan fingerprint density at radius 2 is 1.26 bits per heavy atom. The van der Waals surface area contributed by atoms with E-state index in [2.05, 4.69) is 22.9 Å². The first kappa shape index (κ1) is 45.2. The van der Waals surface area contributed by atoms with E-state index in [9.17, 15) is 14.4 Å². The molecule has 0 bridgehead atoms. The van der Waals surface area contributed by atoms with Gasteiger partial charge in [-0.1, -0.05) is 77.9 Å².